The first-order valence-corrected chi connectivity index (χ1v) is 11.7. The molecule has 0 saturated carbocycles. The van der Waals surface area contributed by atoms with Gasteiger partial charge >= 0.3 is 0 Å². The van der Waals surface area contributed by atoms with E-state index < -0.39 is 17.7 Å². The first-order valence-electron chi connectivity index (χ1n) is 10.9. The SMILES string of the molecule is COCCN1C(=O)C(=O)/C(=C(/O)c2ccc(OCc3ccccc3)cc2)C1c1ccc(Cl)c(Cl)c1. The van der Waals surface area contributed by atoms with Crippen LogP contribution in [0.15, 0.2) is 78.4 Å². The zero-order chi connectivity index (χ0) is 24.9. The van der Waals surface area contributed by atoms with E-state index in [1.54, 1.807) is 42.5 Å². The molecule has 3 aromatic carbocycles. The highest BCUT2D eigenvalue weighted by Crippen LogP contribution is 2.41. The molecule has 0 bridgehead atoms. The highest BCUT2D eigenvalue weighted by Gasteiger charge is 2.46. The Balaban J connectivity index is 1.67. The van der Waals surface area contributed by atoms with Gasteiger partial charge in [-0.15, -0.1) is 0 Å². The minimum absolute atomic E-state index is 0.0255. The molecule has 1 amide bonds. The minimum atomic E-state index is -0.839. The zero-order valence-electron chi connectivity index (χ0n) is 18.9. The van der Waals surface area contributed by atoms with E-state index in [0.29, 0.717) is 28.5 Å². The van der Waals surface area contributed by atoms with E-state index in [1.165, 1.54) is 12.0 Å². The largest absolute Gasteiger partial charge is 0.507 e. The van der Waals surface area contributed by atoms with Crippen molar-refractivity contribution in [3.8, 4) is 5.75 Å². The second kappa shape index (κ2) is 11.0. The molecule has 1 heterocycles. The number of Topliss-reactive ketones (excluding diaryl/α,β-unsaturated/α-hetero) is 1. The van der Waals surface area contributed by atoms with E-state index in [9.17, 15) is 14.7 Å². The molecular formula is C27H23Cl2NO5. The quantitative estimate of drug-likeness (QED) is 0.240. The predicted molar refractivity (Wildman–Crippen MR) is 135 cm³/mol. The van der Waals surface area contributed by atoms with Gasteiger partial charge < -0.3 is 19.5 Å². The number of amides is 1. The fraction of sp³-hybridized carbons (Fsp3) is 0.185. The summed E-state index contributed by atoms with van der Waals surface area (Å²) in [4.78, 5) is 27.3. The summed E-state index contributed by atoms with van der Waals surface area (Å²) in [5.41, 5.74) is 1.94. The normalized spacial score (nSPS) is 17.1. The second-order valence-corrected chi connectivity index (χ2v) is 8.77. The number of halogens is 2. The Labute approximate surface area is 213 Å². The molecule has 1 aliphatic heterocycles. The van der Waals surface area contributed by atoms with E-state index >= 15 is 0 Å². The monoisotopic (exact) mass is 511 g/mol. The summed E-state index contributed by atoms with van der Waals surface area (Å²) in [6.07, 6.45) is 0. The van der Waals surface area contributed by atoms with Crippen LogP contribution in [0, 0.1) is 0 Å². The average Bonchev–Trinajstić information content (AvgIpc) is 3.13. The molecule has 0 aliphatic carbocycles. The summed E-state index contributed by atoms with van der Waals surface area (Å²) in [6, 6.07) is 20.4. The predicted octanol–water partition coefficient (Wildman–Crippen LogP) is 5.64. The number of aliphatic hydroxyl groups excluding tert-OH is 1. The zero-order valence-corrected chi connectivity index (χ0v) is 20.4. The van der Waals surface area contributed by atoms with Gasteiger partial charge in [0.05, 0.1) is 28.3 Å². The van der Waals surface area contributed by atoms with E-state index in [-0.39, 0.29) is 29.5 Å². The van der Waals surface area contributed by atoms with Gasteiger partial charge in [0.15, 0.2) is 0 Å². The van der Waals surface area contributed by atoms with Crippen LogP contribution in [0.4, 0.5) is 0 Å². The third-order valence-electron chi connectivity index (χ3n) is 5.71. The number of rotatable bonds is 8. The molecule has 3 aromatic rings. The molecule has 1 saturated heterocycles. The lowest BCUT2D eigenvalue weighted by Gasteiger charge is -2.25. The Morgan fingerprint density at radius 2 is 1.69 bits per heavy atom. The third kappa shape index (κ3) is 5.35. The Morgan fingerprint density at radius 3 is 2.34 bits per heavy atom. The Kier molecular flexibility index (Phi) is 7.76. The summed E-state index contributed by atoms with van der Waals surface area (Å²) < 4.78 is 10.9. The van der Waals surface area contributed by atoms with Crippen LogP contribution in [-0.4, -0.2) is 42.0 Å². The molecule has 1 atom stereocenters. The van der Waals surface area contributed by atoms with E-state index in [2.05, 4.69) is 0 Å². The molecule has 1 unspecified atom stereocenters. The van der Waals surface area contributed by atoms with Crippen LogP contribution in [0.3, 0.4) is 0 Å². The Morgan fingerprint density at radius 1 is 0.971 bits per heavy atom. The van der Waals surface area contributed by atoms with Crippen molar-refractivity contribution in [2.24, 2.45) is 0 Å². The fourth-order valence-corrected chi connectivity index (χ4v) is 4.24. The van der Waals surface area contributed by atoms with Gasteiger partial charge in [-0.05, 0) is 47.5 Å². The molecule has 8 heteroatoms. The van der Waals surface area contributed by atoms with Crippen molar-refractivity contribution in [1.29, 1.82) is 0 Å². The molecule has 1 aliphatic rings. The van der Waals surface area contributed by atoms with Gasteiger partial charge in [-0.1, -0.05) is 59.6 Å². The summed E-state index contributed by atoms with van der Waals surface area (Å²) in [5, 5.41) is 11.8. The van der Waals surface area contributed by atoms with E-state index in [4.69, 9.17) is 32.7 Å². The van der Waals surface area contributed by atoms with E-state index in [1.807, 2.05) is 30.3 Å². The van der Waals surface area contributed by atoms with Crippen LogP contribution in [0.25, 0.3) is 5.76 Å². The number of benzene rings is 3. The molecule has 4 rings (SSSR count). The minimum Gasteiger partial charge on any atom is -0.507 e. The van der Waals surface area contributed by atoms with Crippen LogP contribution in [0.2, 0.25) is 10.0 Å². The standard InChI is InChI=1S/C27H23Cl2NO5/c1-34-14-13-30-24(19-9-12-21(28)22(29)15-19)23(26(32)27(30)33)25(31)18-7-10-20(11-8-18)35-16-17-5-3-2-4-6-17/h2-12,15,24,31H,13-14,16H2,1H3/b25-23+. The van der Waals surface area contributed by atoms with Crippen LogP contribution in [0.1, 0.15) is 22.7 Å². The summed E-state index contributed by atoms with van der Waals surface area (Å²) in [5.74, 6) is -1.18. The van der Waals surface area contributed by atoms with Gasteiger partial charge in [-0.2, -0.15) is 0 Å². The smallest absolute Gasteiger partial charge is 0.295 e. The van der Waals surface area contributed by atoms with Gasteiger partial charge in [0.1, 0.15) is 18.1 Å². The van der Waals surface area contributed by atoms with Crippen molar-refractivity contribution in [2.75, 3.05) is 20.3 Å². The van der Waals surface area contributed by atoms with Gasteiger partial charge in [0.25, 0.3) is 11.7 Å². The van der Waals surface area contributed by atoms with Crippen LogP contribution >= 0.6 is 23.2 Å². The molecule has 6 nitrogen and oxygen atoms in total. The maximum atomic E-state index is 13.0. The number of carbonyl (C=O) groups excluding carboxylic acids is 2. The van der Waals surface area contributed by atoms with Gasteiger partial charge in [-0.25, -0.2) is 0 Å². The maximum absolute atomic E-state index is 13.0. The molecule has 35 heavy (non-hydrogen) atoms. The summed E-state index contributed by atoms with van der Waals surface area (Å²) >= 11 is 12.3. The lowest BCUT2D eigenvalue weighted by atomic mass is 9.95. The number of hydrogen-bond acceptors (Lipinski definition) is 5. The van der Waals surface area contributed by atoms with Crippen molar-refractivity contribution in [3.05, 3.63) is 105 Å². The number of carbonyl (C=O) groups is 2. The van der Waals surface area contributed by atoms with Crippen LogP contribution in [-0.2, 0) is 20.9 Å². The number of likely N-dealkylation sites (tertiary alicyclic amines) is 1. The fourth-order valence-electron chi connectivity index (χ4n) is 3.93. The molecule has 0 aromatic heterocycles. The Hall–Kier alpha value is -3.32. The lowest BCUT2D eigenvalue weighted by molar-refractivity contribution is -0.140. The summed E-state index contributed by atoms with van der Waals surface area (Å²) in [6.45, 7) is 0.779. The second-order valence-electron chi connectivity index (χ2n) is 7.96. The molecule has 0 spiro atoms. The third-order valence-corrected chi connectivity index (χ3v) is 6.45. The van der Waals surface area contributed by atoms with Gasteiger partial charge in [0, 0.05) is 19.2 Å². The number of nitrogens with zero attached hydrogens (tertiary/aromatic N) is 1. The first kappa shape index (κ1) is 24.8. The van der Waals surface area contributed by atoms with Crippen LogP contribution < -0.4 is 4.74 Å². The number of methoxy groups -OCH3 is 1. The van der Waals surface area contributed by atoms with E-state index in [0.717, 1.165) is 5.56 Å². The van der Waals surface area contributed by atoms with Crippen molar-refractivity contribution >= 4 is 40.7 Å². The molecular weight excluding hydrogens is 489 g/mol. The first-order chi connectivity index (χ1) is 16.9. The molecule has 0 radical (unpaired) electrons. The number of ketones is 1. The lowest BCUT2D eigenvalue weighted by Crippen LogP contribution is -2.32. The van der Waals surface area contributed by atoms with Crippen molar-refractivity contribution in [1.82, 2.24) is 4.90 Å². The Bertz CT molecular complexity index is 1260. The number of ether oxygens (including phenoxy) is 2. The topological polar surface area (TPSA) is 76.1 Å². The number of hydrogen-bond donors (Lipinski definition) is 1. The highest BCUT2D eigenvalue weighted by molar-refractivity contribution is 6.46. The van der Waals surface area contributed by atoms with Gasteiger partial charge in [0.2, 0.25) is 0 Å². The molecule has 1 N–H and O–H groups in total. The number of aliphatic hydroxyl groups is 1. The average molecular weight is 512 g/mol. The van der Waals surface area contributed by atoms with Crippen molar-refractivity contribution < 1.29 is 24.2 Å². The molecule has 1 fully saturated rings. The van der Waals surface area contributed by atoms with Crippen molar-refractivity contribution in [2.45, 2.75) is 12.6 Å². The highest BCUT2D eigenvalue weighted by atomic mass is 35.5. The van der Waals surface area contributed by atoms with Gasteiger partial charge in [-0.3, -0.25) is 9.59 Å². The van der Waals surface area contributed by atoms with Crippen LogP contribution in [0.5, 0.6) is 5.75 Å². The van der Waals surface area contributed by atoms with Crippen molar-refractivity contribution in [3.63, 3.8) is 0 Å². The molecule has 180 valence electrons. The summed E-state index contributed by atoms with van der Waals surface area (Å²) in [7, 11) is 1.51. The maximum Gasteiger partial charge on any atom is 0.295 e.